The molecule has 0 saturated heterocycles. The van der Waals surface area contributed by atoms with Crippen LogP contribution in [0.5, 0.6) is 0 Å². The molecule has 0 fully saturated rings. The fourth-order valence-electron chi connectivity index (χ4n) is 3.23. The van der Waals surface area contributed by atoms with Crippen molar-refractivity contribution in [2.75, 3.05) is 0 Å². The van der Waals surface area contributed by atoms with Gasteiger partial charge >= 0.3 is 5.97 Å². The van der Waals surface area contributed by atoms with E-state index in [1.807, 2.05) is 30.7 Å². The van der Waals surface area contributed by atoms with Crippen molar-refractivity contribution in [2.45, 2.75) is 19.8 Å². The van der Waals surface area contributed by atoms with E-state index in [9.17, 15) is 14.9 Å². The molecular weight excluding hydrogens is 322 g/mol. The second-order valence-corrected chi connectivity index (χ2v) is 5.87. The summed E-state index contributed by atoms with van der Waals surface area (Å²) in [4.78, 5) is 26.1. The van der Waals surface area contributed by atoms with Gasteiger partial charge in [0.15, 0.2) is 0 Å². The number of non-ortho nitro benzene ring substituents is 1. The number of carboxylic acids is 1. The molecule has 0 atom stereocenters. The maximum absolute atomic E-state index is 11.5. The zero-order chi connectivity index (χ0) is 18.1. The van der Waals surface area contributed by atoms with E-state index in [0.29, 0.717) is 10.9 Å². The standard InChI is InChI=1S/C18H17N3O4/c1-11-13(4-6-16(22)23)17-15(21(24)25)5-3-14(18(17)20(11)2)12-7-9-19-10-8-12/h3,5,7-10H,4,6H2,1-2H3,(H,22,23). The molecule has 7 nitrogen and oxygen atoms in total. The molecule has 0 aliphatic heterocycles. The molecule has 128 valence electrons. The Hall–Kier alpha value is -3.22. The van der Waals surface area contributed by atoms with Gasteiger partial charge in [0.05, 0.1) is 15.8 Å². The number of aromatic nitrogens is 2. The summed E-state index contributed by atoms with van der Waals surface area (Å²) in [6.45, 7) is 1.86. The molecule has 0 spiro atoms. The minimum Gasteiger partial charge on any atom is -0.481 e. The minimum absolute atomic E-state index is 0.00288. The maximum Gasteiger partial charge on any atom is 0.303 e. The Balaban J connectivity index is 2.36. The summed E-state index contributed by atoms with van der Waals surface area (Å²) in [6, 6.07) is 6.91. The monoisotopic (exact) mass is 339 g/mol. The fraction of sp³-hybridized carbons (Fsp3) is 0.222. The highest BCUT2D eigenvalue weighted by Crippen LogP contribution is 2.39. The van der Waals surface area contributed by atoms with E-state index in [1.165, 1.54) is 6.07 Å². The van der Waals surface area contributed by atoms with E-state index in [1.54, 1.807) is 18.5 Å². The van der Waals surface area contributed by atoms with Crippen LogP contribution in [0.1, 0.15) is 17.7 Å². The average Bonchev–Trinajstić information content (AvgIpc) is 2.84. The lowest BCUT2D eigenvalue weighted by Crippen LogP contribution is -1.99. The van der Waals surface area contributed by atoms with Gasteiger partial charge in [-0.3, -0.25) is 19.9 Å². The van der Waals surface area contributed by atoms with E-state index in [4.69, 9.17) is 5.11 Å². The van der Waals surface area contributed by atoms with Crippen molar-refractivity contribution in [3.05, 3.63) is 58.0 Å². The van der Waals surface area contributed by atoms with E-state index >= 15 is 0 Å². The van der Waals surface area contributed by atoms with Crippen LogP contribution in [0.2, 0.25) is 0 Å². The number of rotatable bonds is 5. The van der Waals surface area contributed by atoms with Crippen LogP contribution in [0.4, 0.5) is 5.69 Å². The topological polar surface area (TPSA) is 98.3 Å². The third-order valence-corrected chi connectivity index (χ3v) is 4.51. The second-order valence-electron chi connectivity index (χ2n) is 5.87. The normalized spacial score (nSPS) is 11.0. The molecule has 0 saturated carbocycles. The molecule has 0 aliphatic carbocycles. The van der Waals surface area contributed by atoms with E-state index < -0.39 is 10.9 Å². The van der Waals surface area contributed by atoms with Crippen LogP contribution in [-0.4, -0.2) is 25.6 Å². The Morgan fingerprint density at radius 1 is 1.28 bits per heavy atom. The lowest BCUT2D eigenvalue weighted by molar-refractivity contribution is -0.383. The highest BCUT2D eigenvalue weighted by molar-refractivity contribution is 6.03. The van der Waals surface area contributed by atoms with Crippen LogP contribution in [0.15, 0.2) is 36.7 Å². The summed E-state index contributed by atoms with van der Waals surface area (Å²) in [5.74, 6) is -0.927. The van der Waals surface area contributed by atoms with Crippen LogP contribution in [0.3, 0.4) is 0 Å². The van der Waals surface area contributed by atoms with Gasteiger partial charge in [0, 0.05) is 43.2 Å². The van der Waals surface area contributed by atoms with Gasteiger partial charge < -0.3 is 9.67 Å². The SMILES string of the molecule is Cc1c(CCC(=O)O)c2c([N+](=O)[O-])ccc(-c3ccncc3)c2n1C. The number of carboxylic acid groups (broad SMARTS) is 1. The molecule has 25 heavy (non-hydrogen) atoms. The fourth-order valence-corrected chi connectivity index (χ4v) is 3.23. The summed E-state index contributed by atoms with van der Waals surface area (Å²) < 4.78 is 1.90. The van der Waals surface area contributed by atoms with Gasteiger partial charge in [-0.25, -0.2) is 0 Å². The number of hydrogen-bond donors (Lipinski definition) is 1. The Bertz CT molecular complexity index is 977. The number of pyridine rings is 1. The molecule has 7 heteroatoms. The van der Waals surface area contributed by atoms with Crippen molar-refractivity contribution >= 4 is 22.6 Å². The largest absolute Gasteiger partial charge is 0.481 e. The van der Waals surface area contributed by atoms with Gasteiger partial charge in [0.2, 0.25) is 0 Å². The van der Waals surface area contributed by atoms with Crippen molar-refractivity contribution in [1.82, 2.24) is 9.55 Å². The Morgan fingerprint density at radius 3 is 2.56 bits per heavy atom. The number of carbonyl (C=O) groups is 1. The zero-order valence-corrected chi connectivity index (χ0v) is 13.9. The van der Waals surface area contributed by atoms with Crippen LogP contribution in [0, 0.1) is 17.0 Å². The average molecular weight is 339 g/mol. The minimum atomic E-state index is -0.927. The lowest BCUT2D eigenvalue weighted by atomic mass is 9.99. The Labute approximate surface area is 143 Å². The number of nitro groups is 1. The van der Waals surface area contributed by atoms with Gasteiger partial charge in [-0.2, -0.15) is 0 Å². The molecule has 3 rings (SSSR count). The smallest absolute Gasteiger partial charge is 0.303 e. The molecule has 0 bridgehead atoms. The van der Waals surface area contributed by atoms with Gasteiger partial charge in [-0.05, 0) is 42.7 Å². The van der Waals surface area contributed by atoms with Crippen LogP contribution in [-0.2, 0) is 18.3 Å². The first kappa shape index (κ1) is 16.6. The number of fused-ring (bicyclic) bond motifs is 1. The molecule has 1 N–H and O–H groups in total. The summed E-state index contributed by atoms with van der Waals surface area (Å²) in [6.07, 6.45) is 3.52. The molecule has 0 radical (unpaired) electrons. The summed E-state index contributed by atoms with van der Waals surface area (Å²) in [7, 11) is 1.84. The van der Waals surface area contributed by atoms with Crippen molar-refractivity contribution < 1.29 is 14.8 Å². The number of benzene rings is 1. The molecule has 2 aromatic heterocycles. The molecule has 1 aromatic carbocycles. The molecule has 0 unspecified atom stereocenters. The van der Waals surface area contributed by atoms with Gasteiger partial charge in [0.25, 0.3) is 5.69 Å². The number of aliphatic carboxylic acids is 1. The Morgan fingerprint density at radius 2 is 1.96 bits per heavy atom. The van der Waals surface area contributed by atoms with Crippen molar-refractivity contribution in [3.63, 3.8) is 0 Å². The first-order chi connectivity index (χ1) is 11.9. The molecule has 0 aliphatic rings. The van der Waals surface area contributed by atoms with Crippen LogP contribution in [0.25, 0.3) is 22.0 Å². The maximum atomic E-state index is 11.5. The molecular formula is C18H17N3O4. The number of nitro benzene ring substituents is 1. The predicted octanol–water partition coefficient (Wildman–Crippen LogP) is 3.47. The van der Waals surface area contributed by atoms with E-state index in [-0.39, 0.29) is 18.5 Å². The molecule has 0 amide bonds. The third-order valence-electron chi connectivity index (χ3n) is 4.51. The zero-order valence-electron chi connectivity index (χ0n) is 13.9. The summed E-state index contributed by atoms with van der Waals surface area (Å²) in [5, 5.41) is 21.1. The van der Waals surface area contributed by atoms with Gasteiger partial charge in [0.1, 0.15) is 0 Å². The predicted molar refractivity (Wildman–Crippen MR) is 93.5 cm³/mol. The van der Waals surface area contributed by atoms with Gasteiger partial charge in [-0.1, -0.05) is 0 Å². The van der Waals surface area contributed by atoms with E-state index in [0.717, 1.165) is 22.3 Å². The second kappa shape index (κ2) is 6.35. The van der Waals surface area contributed by atoms with Gasteiger partial charge in [-0.15, -0.1) is 0 Å². The van der Waals surface area contributed by atoms with Crippen molar-refractivity contribution in [2.24, 2.45) is 7.05 Å². The quantitative estimate of drug-likeness (QED) is 0.567. The first-order valence-electron chi connectivity index (χ1n) is 7.79. The Kier molecular flexibility index (Phi) is 4.22. The number of hydrogen-bond acceptors (Lipinski definition) is 4. The van der Waals surface area contributed by atoms with E-state index in [2.05, 4.69) is 4.98 Å². The summed E-state index contributed by atoms with van der Waals surface area (Å²) in [5.41, 5.74) is 4.04. The highest BCUT2D eigenvalue weighted by Gasteiger charge is 2.24. The molecule has 3 aromatic rings. The summed E-state index contributed by atoms with van der Waals surface area (Å²) >= 11 is 0. The number of aryl methyl sites for hydroxylation is 2. The van der Waals surface area contributed by atoms with Crippen molar-refractivity contribution in [1.29, 1.82) is 0 Å². The van der Waals surface area contributed by atoms with Crippen molar-refractivity contribution in [3.8, 4) is 11.1 Å². The first-order valence-corrected chi connectivity index (χ1v) is 7.79. The van der Waals surface area contributed by atoms with Crippen LogP contribution < -0.4 is 0 Å². The highest BCUT2D eigenvalue weighted by atomic mass is 16.6. The molecule has 2 heterocycles. The number of nitrogens with zero attached hydrogens (tertiary/aromatic N) is 3. The third kappa shape index (κ3) is 2.84. The lowest BCUT2D eigenvalue weighted by Gasteiger charge is -2.07. The van der Waals surface area contributed by atoms with Crippen LogP contribution >= 0.6 is 0 Å².